The lowest BCUT2D eigenvalue weighted by Crippen LogP contribution is -2.37. The van der Waals surface area contributed by atoms with Gasteiger partial charge in [-0.1, -0.05) is 12.1 Å². The van der Waals surface area contributed by atoms with Crippen molar-refractivity contribution in [3.8, 4) is 5.75 Å². The Labute approximate surface area is 125 Å². The molecule has 0 radical (unpaired) electrons. The van der Waals surface area contributed by atoms with Gasteiger partial charge in [0.05, 0.1) is 13.2 Å². The minimum Gasteiger partial charge on any atom is -0.508 e. The van der Waals surface area contributed by atoms with E-state index in [4.69, 9.17) is 9.47 Å². The number of nitrogens with zero attached hydrogens (tertiary/aromatic N) is 1. The summed E-state index contributed by atoms with van der Waals surface area (Å²) in [7, 11) is 3.27. The second kappa shape index (κ2) is 7.43. The van der Waals surface area contributed by atoms with Crippen LogP contribution in [0.1, 0.15) is 17.9 Å². The lowest BCUT2D eigenvalue weighted by atomic mass is 10.1. The second-order valence-corrected chi connectivity index (χ2v) is 5.35. The molecule has 0 heterocycles. The van der Waals surface area contributed by atoms with Crippen LogP contribution in [0.15, 0.2) is 24.3 Å². The Kier molecular flexibility index (Phi) is 5.59. The van der Waals surface area contributed by atoms with Crippen LogP contribution < -0.4 is 0 Å². The van der Waals surface area contributed by atoms with Crippen molar-refractivity contribution in [3.05, 3.63) is 29.8 Å². The molecular weight excluding hydrogens is 270 g/mol. The summed E-state index contributed by atoms with van der Waals surface area (Å²) in [5.74, 6) is 0.736. The van der Waals surface area contributed by atoms with Gasteiger partial charge in [0.2, 0.25) is 5.91 Å². The van der Waals surface area contributed by atoms with Gasteiger partial charge in [0.1, 0.15) is 5.75 Å². The summed E-state index contributed by atoms with van der Waals surface area (Å²) < 4.78 is 10.1. The minimum absolute atomic E-state index is 0.0447. The van der Waals surface area contributed by atoms with Gasteiger partial charge in [-0.05, 0) is 30.0 Å². The largest absolute Gasteiger partial charge is 0.508 e. The average molecular weight is 293 g/mol. The standard InChI is InChI=1S/C16H23NO4/c1-20-9-7-17(8-10-21-2)16(19)15-11-14(15)12-3-5-13(18)6-4-12/h3-6,14-15,18H,7-11H2,1-2H3. The van der Waals surface area contributed by atoms with Crippen LogP contribution in [-0.4, -0.2) is 56.4 Å². The molecule has 0 aromatic heterocycles. The molecule has 5 nitrogen and oxygen atoms in total. The number of phenolic OH excluding ortho intramolecular Hbond substituents is 1. The first-order valence-corrected chi connectivity index (χ1v) is 7.23. The maximum atomic E-state index is 12.5. The Hall–Kier alpha value is -1.59. The van der Waals surface area contributed by atoms with E-state index in [0.29, 0.717) is 26.3 Å². The number of phenols is 1. The molecule has 1 aromatic rings. The number of benzene rings is 1. The first-order chi connectivity index (χ1) is 10.2. The minimum atomic E-state index is 0.0447. The van der Waals surface area contributed by atoms with E-state index in [0.717, 1.165) is 12.0 Å². The Morgan fingerprint density at radius 2 is 1.76 bits per heavy atom. The Bertz CT molecular complexity index is 452. The maximum Gasteiger partial charge on any atom is 0.226 e. The van der Waals surface area contributed by atoms with E-state index >= 15 is 0 Å². The first kappa shape index (κ1) is 15.8. The monoisotopic (exact) mass is 293 g/mol. The molecule has 0 bridgehead atoms. The predicted octanol–water partition coefficient (Wildman–Crippen LogP) is 1.62. The smallest absolute Gasteiger partial charge is 0.226 e. The van der Waals surface area contributed by atoms with E-state index in [1.165, 1.54) is 0 Å². The number of amides is 1. The molecule has 0 aliphatic heterocycles. The second-order valence-electron chi connectivity index (χ2n) is 5.35. The summed E-state index contributed by atoms with van der Waals surface area (Å²) in [6, 6.07) is 7.12. The molecule has 2 atom stereocenters. The first-order valence-electron chi connectivity index (χ1n) is 7.23. The molecular formula is C16H23NO4. The zero-order valence-electron chi connectivity index (χ0n) is 12.6. The number of carbonyl (C=O) groups excluding carboxylic acids is 1. The van der Waals surface area contributed by atoms with Gasteiger partial charge in [-0.15, -0.1) is 0 Å². The average Bonchev–Trinajstić information content (AvgIpc) is 3.28. The number of aromatic hydroxyl groups is 1. The fraction of sp³-hybridized carbons (Fsp3) is 0.562. The van der Waals surface area contributed by atoms with Crippen LogP contribution >= 0.6 is 0 Å². The highest BCUT2D eigenvalue weighted by atomic mass is 16.5. The number of rotatable bonds is 8. The van der Waals surface area contributed by atoms with E-state index < -0.39 is 0 Å². The molecule has 1 N–H and O–H groups in total. The molecule has 0 saturated heterocycles. The van der Waals surface area contributed by atoms with Crippen LogP contribution in [-0.2, 0) is 14.3 Å². The molecule has 2 unspecified atom stereocenters. The summed E-state index contributed by atoms with van der Waals surface area (Å²) in [5.41, 5.74) is 1.12. The SMILES string of the molecule is COCCN(CCOC)C(=O)C1CC1c1ccc(O)cc1. The van der Waals surface area contributed by atoms with E-state index in [1.807, 2.05) is 17.0 Å². The number of hydrogen-bond acceptors (Lipinski definition) is 4. The zero-order valence-corrected chi connectivity index (χ0v) is 12.6. The third-order valence-corrected chi connectivity index (χ3v) is 3.87. The Balaban J connectivity index is 1.93. The van der Waals surface area contributed by atoms with Crippen molar-refractivity contribution in [2.24, 2.45) is 5.92 Å². The van der Waals surface area contributed by atoms with E-state index in [1.54, 1.807) is 26.4 Å². The van der Waals surface area contributed by atoms with E-state index in [-0.39, 0.29) is 23.5 Å². The highest BCUT2D eigenvalue weighted by Gasteiger charge is 2.45. The topological polar surface area (TPSA) is 59.0 Å². The van der Waals surface area contributed by atoms with Crippen molar-refractivity contribution in [3.63, 3.8) is 0 Å². The summed E-state index contributed by atoms with van der Waals surface area (Å²) in [6.07, 6.45) is 0.875. The van der Waals surface area contributed by atoms with Crippen LogP contribution in [0.4, 0.5) is 0 Å². The summed E-state index contributed by atoms with van der Waals surface area (Å²) in [6.45, 7) is 2.26. The molecule has 0 spiro atoms. The maximum absolute atomic E-state index is 12.5. The van der Waals surface area contributed by atoms with Crippen molar-refractivity contribution < 1.29 is 19.4 Å². The molecule has 1 amide bonds. The molecule has 1 aliphatic rings. The van der Waals surface area contributed by atoms with Crippen LogP contribution in [0.2, 0.25) is 0 Å². The van der Waals surface area contributed by atoms with Crippen molar-refractivity contribution in [1.82, 2.24) is 4.90 Å². The van der Waals surface area contributed by atoms with Gasteiger partial charge in [-0.25, -0.2) is 0 Å². The highest BCUT2D eigenvalue weighted by molar-refractivity contribution is 5.83. The molecule has 1 aromatic carbocycles. The molecule has 1 saturated carbocycles. The molecule has 5 heteroatoms. The molecule has 1 fully saturated rings. The summed E-state index contributed by atoms with van der Waals surface area (Å²) in [5, 5.41) is 9.31. The van der Waals surface area contributed by atoms with Gasteiger partial charge in [0.25, 0.3) is 0 Å². The third kappa shape index (κ3) is 4.19. The predicted molar refractivity (Wildman–Crippen MR) is 79.3 cm³/mol. The molecule has 21 heavy (non-hydrogen) atoms. The Morgan fingerprint density at radius 1 is 1.19 bits per heavy atom. The van der Waals surface area contributed by atoms with E-state index in [2.05, 4.69) is 0 Å². The highest BCUT2D eigenvalue weighted by Crippen LogP contribution is 2.48. The van der Waals surface area contributed by atoms with E-state index in [9.17, 15) is 9.90 Å². The quantitative estimate of drug-likeness (QED) is 0.791. The van der Waals surface area contributed by atoms with Gasteiger partial charge < -0.3 is 19.5 Å². The number of carbonyl (C=O) groups is 1. The fourth-order valence-corrected chi connectivity index (χ4v) is 2.53. The van der Waals surface area contributed by atoms with Crippen molar-refractivity contribution >= 4 is 5.91 Å². The molecule has 116 valence electrons. The van der Waals surface area contributed by atoms with Gasteiger partial charge in [0.15, 0.2) is 0 Å². The molecule has 1 aliphatic carbocycles. The molecule has 2 rings (SSSR count). The van der Waals surface area contributed by atoms with Gasteiger partial charge in [-0.2, -0.15) is 0 Å². The third-order valence-electron chi connectivity index (χ3n) is 3.87. The lowest BCUT2D eigenvalue weighted by molar-refractivity contribution is -0.134. The van der Waals surface area contributed by atoms with Crippen molar-refractivity contribution in [1.29, 1.82) is 0 Å². The van der Waals surface area contributed by atoms with Crippen molar-refractivity contribution in [2.75, 3.05) is 40.5 Å². The number of hydrogen-bond donors (Lipinski definition) is 1. The summed E-state index contributed by atoms with van der Waals surface area (Å²) >= 11 is 0. The van der Waals surface area contributed by atoms with Crippen LogP contribution in [0, 0.1) is 5.92 Å². The Morgan fingerprint density at radius 3 is 2.29 bits per heavy atom. The lowest BCUT2D eigenvalue weighted by Gasteiger charge is -2.22. The van der Waals surface area contributed by atoms with Crippen LogP contribution in [0.25, 0.3) is 0 Å². The van der Waals surface area contributed by atoms with Gasteiger partial charge in [0, 0.05) is 33.2 Å². The number of ether oxygens (including phenoxy) is 2. The van der Waals surface area contributed by atoms with Gasteiger partial charge >= 0.3 is 0 Å². The zero-order chi connectivity index (χ0) is 15.2. The van der Waals surface area contributed by atoms with Crippen molar-refractivity contribution in [2.45, 2.75) is 12.3 Å². The number of methoxy groups -OCH3 is 2. The van der Waals surface area contributed by atoms with Gasteiger partial charge in [-0.3, -0.25) is 4.79 Å². The normalized spacial score (nSPS) is 20.3. The van der Waals surface area contributed by atoms with Crippen LogP contribution in [0.5, 0.6) is 5.75 Å². The summed E-state index contributed by atoms with van der Waals surface area (Å²) in [4.78, 5) is 14.4. The fourth-order valence-electron chi connectivity index (χ4n) is 2.53. The van der Waals surface area contributed by atoms with Crippen LogP contribution in [0.3, 0.4) is 0 Å².